The number of fused-ring (bicyclic) bond motifs is 3. The molecule has 0 fully saturated rings. The van der Waals surface area contributed by atoms with Crippen LogP contribution in [0.5, 0.6) is 11.5 Å². The number of aromatic hydroxyl groups is 2. The zero-order valence-corrected chi connectivity index (χ0v) is 32.8. The third-order valence-electron chi connectivity index (χ3n) is 10.0. The van der Waals surface area contributed by atoms with Gasteiger partial charge in [0.15, 0.2) is 17.1 Å². The van der Waals surface area contributed by atoms with Gasteiger partial charge in [-0.2, -0.15) is 10.2 Å². The number of phenolic OH excluding ortho intramolecular Hbond substituents is 2. The van der Waals surface area contributed by atoms with Crippen molar-refractivity contribution in [2.75, 3.05) is 10.6 Å². The largest absolute Gasteiger partial charge is 0.505 e. The van der Waals surface area contributed by atoms with Gasteiger partial charge < -0.3 is 25.3 Å². The molecule has 12 nitrogen and oxygen atoms in total. The second-order valence-electron chi connectivity index (χ2n) is 14.5. The van der Waals surface area contributed by atoms with E-state index in [9.17, 15) is 19.8 Å². The molecule has 2 amide bonds. The van der Waals surface area contributed by atoms with E-state index >= 15 is 0 Å². The lowest BCUT2D eigenvalue weighted by atomic mass is 10.0. The van der Waals surface area contributed by atoms with Gasteiger partial charge in [-0.1, -0.05) is 72.8 Å². The van der Waals surface area contributed by atoms with E-state index in [4.69, 9.17) is 4.42 Å². The summed E-state index contributed by atoms with van der Waals surface area (Å²) < 4.78 is 6.13. The maximum absolute atomic E-state index is 13.3. The smallest absolute Gasteiger partial charge is 0.259 e. The van der Waals surface area contributed by atoms with Gasteiger partial charge in [0.05, 0.1) is 22.5 Å². The molecule has 0 aliphatic heterocycles. The van der Waals surface area contributed by atoms with Gasteiger partial charge in [0, 0.05) is 33.8 Å². The first-order valence-corrected chi connectivity index (χ1v) is 19.3. The minimum atomic E-state index is -0.477. The number of carbonyl (C=O) groups is 2. The lowest BCUT2D eigenvalue weighted by Gasteiger charge is -2.11. The Kier molecular flexibility index (Phi) is 9.99. The molecular formula is C49H35N7O5. The molecular weight excluding hydrogens is 767 g/mol. The van der Waals surface area contributed by atoms with Crippen LogP contribution in [0.3, 0.4) is 0 Å². The maximum Gasteiger partial charge on any atom is 0.259 e. The van der Waals surface area contributed by atoms with E-state index in [1.54, 1.807) is 66.7 Å². The number of carbonyl (C=O) groups excluding carboxylic acids is 2. The molecule has 0 radical (unpaired) electrons. The molecule has 9 rings (SSSR count). The van der Waals surface area contributed by atoms with Crippen molar-refractivity contribution in [1.82, 2.24) is 4.98 Å². The van der Waals surface area contributed by atoms with E-state index in [-0.39, 0.29) is 34.0 Å². The fourth-order valence-electron chi connectivity index (χ4n) is 7.01. The van der Waals surface area contributed by atoms with Gasteiger partial charge in [-0.15, -0.1) is 10.2 Å². The first-order valence-electron chi connectivity index (χ1n) is 19.3. The highest BCUT2D eigenvalue weighted by molar-refractivity contribution is 6.13. The molecule has 0 aliphatic carbocycles. The fraction of sp³-hybridized carbons (Fsp3) is 0.0408. The number of nitrogens with zero attached hydrogens (tertiary/aromatic N) is 5. The van der Waals surface area contributed by atoms with Gasteiger partial charge in [-0.05, 0) is 109 Å². The maximum atomic E-state index is 13.3. The Morgan fingerprint density at radius 1 is 0.541 bits per heavy atom. The number of amides is 2. The van der Waals surface area contributed by atoms with Gasteiger partial charge in [-0.3, -0.25) is 9.59 Å². The molecule has 0 atom stereocenters. The topological polar surface area (TPSA) is 174 Å². The molecule has 4 N–H and O–H groups in total. The minimum absolute atomic E-state index is 0.0661. The van der Waals surface area contributed by atoms with Gasteiger partial charge in [0.25, 0.3) is 11.8 Å². The zero-order valence-electron chi connectivity index (χ0n) is 32.8. The number of aryl methyl sites for hydroxylation is 2. The SMILES string of the molecule is Cc1cccc(NC(=O)c2cc3ccccc3c(N=Nc3ccc(-c4nc5ccc(N=Nc6c(O)c(C(=O)Nc7cccc(C)c7)cc7ccccc67)cc5o4)cc3)c2O)c1. The summed E-state index contributed by atoms with van der Waals surface area (Å²) in [4.78, 5) is 31.3. The first kappa shape index (κ1) is 38.0. The highest BCUT2D eigenvalue weighted by Gasteiger charge is 2.21. The van der Waals surface area contributed by atoms with E-state index in [1.807, 2.05) is 98.8 Å². The Bertz CT molecular complexity index is 3250. The van der Waals surface area contributed by atoms with Crippen LogP contribution in [-0.2, 0) is 0 Å². The number of hydrogen-bond acceptors (Lipinski definition) is 10. The normalized spacial score (nSPS) is 11.6. The van der Waals surface area contributed by atoms with Crippen molar-refractivity contribution < 1.29 is 24.2 Å². The van der Waals surface area contributed by atoms with Gasteiger partial charge >= 0.3 is 0 Å². The molecule has 12 heteroatoms. The number of phenols is 2. The molecule has 1 heterocycles. The Morgan fingerprint density at radius 3 is 1.59 bits per heavy atom. The van der Waals surface area contributed by atoms with E-state index < -0.39 is 11.8 Å². The Labute approximate surface area is 348 Å². The summed E-state index contributed by atoms with van der Waals surface area (Å²) in [6, 6.07) is 45.0. The Balaban J connectivity index is 0.953. The first-order chi connectivity index (χ1) is 29.7. The highest BCUT2D eigenvalue weighted by atomic mass is 16.3. The number of benzene rings is 8. The minimum Gasteiger partial charge on any atom is -0.505 e. The predicted molar refractivity (Wildman–Crippen MR) is 237 cm³/mol. The molecule has 0 spiro atoms. The quantitative estimate of drug-likeness (QED) is 0.106. The summed E-state index contributed by atoms with van der Waals surface area (Å²) in [7, 11) is 0. The van der Waals surface area contributed by atoms with Crippen LogP contribution in [-0.4, -0.2) is 27.0 Å². The molecule has 0 unspecified atom stereocenters. The summed E-state index contributed by atoms with van der Waals surface area (Å²) in [5, 5.41) is 48.7. The van der Waals surface area contributed by atoms with Crippen LogP contribution in [0.1, 0.15) is 31.8 Å². The van der Waals surface area contributed by atoms with Crippen LogP contribution in [0.2, 0.25) is 0 Å². The van der Waals surface area contributed by atoms with Crippen molar-refractivity contribution >= 4 is 78.6 Å². The van der Waals surface area contributed by atoms with Crippen LogP contribution in [0.25, 0.3) is 44.1 Å². The van der Waals surface area contributed by atoms with Gasteiger partial charge in [-0.25, -0.2) is 4.98 Å². The van der Waals surface area contributed by atoms with Crippen molar-refractivity contribution in [1.29, 1.82) is 0 Å². The Hall–Kier alpha value is -8.51. The molecule has 9 aromatic rings. The summed E-state index contributed by atoms with van der Waals surface area (Å²) in [6.07, 6.45) is 0. The number of anilines is 2. The van der Waals surface area contributed by atoms with Crippen molar-refractivity contribution in [3.63, 3.8) is 0 Å². The molecule has 61 heavy (non-hydrogen) atoms. The average molecular weight is 802 g/mol. The van der Waals surface area contributed by atoms with E-state index in [0.717, 1.165) is 16.5 Å². The van der Waals surface area contributed by atoms with Crippen molar-refractivity contribution in [3.05, 3.63) is 174 Å². The van der Waals surface area contributed by atoms with Crippen molar-refractivity contribution in [3.8, 4) is 23.0 Å². The van der Waals surface area contributed by atoms with E-state index in [1.165, 1.54) is 0 Å². The lowest BCUT2D eigenvalue weighted by molar-refractivity contribution is 0.101. The van der Waals surface area contributed by atoms with Crippen LogP contribution in [0.15, 0.2) is 177 Å². The van der Waals surface area contributed by atoms with Crippen LogP contribution in [0, 0.1) is 13.8 Å². The second-order valence-corrected chi connectivity index (χ2v) is 14.5. The predicted octanol–water partition coefficient (Wildman–Crippen LogP) is 13.2. The molecule has 0 saturated carbocycles. The monoisotopic (exact) mass is 801 g/mol. The van der Waals surface area contributed by atoms with Gasteiger partial charge in [0.1, 0.15) is 16.9 Å². The number of aromatic nitrogens is 1. The van der Waals surface area contributed by atoms with Crippen LogP contribution >= 0.6 is 0 Å². The molecule has 0 saturated heterocycles. The van der Waals surface area contributed by atoms with Crippen molar-refractivity contribution in [2.24, 2.45) is 20.5 Å². The average Bonchev–Trinajstić information content (AvgIpc) is 3.69. The summed E-state index contributed by atoms with van der Waals surface area (Å²) in [5.41, 5.74) is 6.33. The van der Waals surface area contributed by atoms with Crippen LogP contribution in [0.4, 0.5) is 34.1 Å². The molecule has 296 valence electrons. The standard InChI is InChI=1S/C49H35N7O5/c1-28-9-7-13-34(23-28)50-47(59)39-25-31-11-3-5-15-37(31)43(45(39)57)55-53-33-19-17-30(18-20-33)49-52-41-22-21-36(27-42(41)61-49)54-56-44-38-16-6-4-12-32(38)26-40(46(44)58)48(60)51-35-14-8-10-29(2)24-35/h3-27,57-58H,1-2H3,(H,50,59)(H,51,60). The van der Waals surface area contributed by atoms with E-state index in [2.05, 4.69) is 36.1 Å². The second kappa shape index (κ2) is 16.0. The van der Waals surface area contributed by atoms with Crippen molar-refractivity contribution in [2.45, 2.75) is 13.8 Å². The molecule has 8 aromatic carbocycles. The van der Waals surface area contributed by atoms with E-state index in [0.29, 0.717) is 61.5 Å². The third kappa shape index (κ3) is 7.88. The van der Waals surface area contributed by atoms with Crippen LogP contribution < -0.4 is 10.6 Å². The molecule has 1 aromatic heterocycles. The lowest BCUT2D eigenvalue weighted by Crippen LogP contribution is -2.12. The Morgan fingerprint density at radius 2 is 1.05 bits per heavy atom. The third-order valence-corrected chi connectivity index (χ3v) is 10.0. The number of oxazole rings is 1. The fourth-order valence-corrected chi connectivity index (χ4v) is 7.01. The highest BCUT2D eigenvalue weighted by Crippen LogP contribution is 2.41. The summed E-state index contributed by atoms with van der Waals surface area (Å²) >= 11 is 0. The number of rotatable bonds is 9. The number of hydrogen-bond donors (Lipinski definition) is 4. The summed E-state index contributed by atoms with van der Waals surface area (Å²) in [6.45, 7) is 3.86. The molecule has 0 bridgehead atoms. The number of nitrogens with one attached hydrogen (secondary N) is 2. The number of azo groups is 2. The van der Waals surface area contributed by atoms with Gasteiger partial charge in [0.2, 0.25) is 5.89 Å². The zero-order chi connectivity index (χ0) is 42.0. The summed E-state index contributed by atoms with van der Waals surface area (Å²) in [5.74, 6) is -1.16. The molecule has 0 aliphatic rings.